The van der Waals surface area contributed by atoms with Crippen LogP contribution in [-0.2, 0) is 9.53 Å². The van der Waals surface area contributed by atoms with Gasteiger partial charge in [0.1, 0.15) is 6.04 Å². The Morgan fingerprint density at radius 2 is 2.19 bits per heavy atom. The Bertz CT molecular complexity index is 241. The van der Waals surface area contributed by atoms with E-state index >= 15 is 0 Å². The summed E-state index contributed by atoms with van der Waals surface area (Å²) in [7, 11) is 0. The highest BCUT2D eigenvalue weighted by molar-refractivity contribution is 5.75. The number of hydrogen-bond acceptors (Lipinski definition) is 4. The first-order valence-electron chi connectivity index (χ1n) is 6.17. The number of esters is 1. The topological polar surface area (TPSA) is 41.6 Å². The maximum atomic E-state index is 11.9. The molecule has 0 aromatic heterocycles. The minimum atomic E-state index is -0.1000. The van der Waals surface area contributed by atoms with Crippen LogP contribution in [0.4, 0.5) is 0 Å². The zero-order chi connectivity index (χ0) is 12.2. The molecule has 94 valence electrons. The molecule has 0 saturated carbocycles. The number of rotatable bonds is 4. The minimum Gasteiger partial charge on any atom is -0.465 e. The van der Waals surface area contributed by atoms with Crippen molar-refractivity contribution < 1.29 is 9.53 Å². The van der Waals surface area contributed by atoms with Crippen LogP contribution in [0.25, 0.3) is 0 Å². The van der Waals surface area contributed by atoms with E-state index in [2.05, 4.69) is 24.1 Å². The van der Waals surface area contributed by atoms with Gasteiger partial charge in [-0.2, -0.15) is 0 Å². The predicted molar refractivity (Wildman–Crippen MR) is 64.4 cm³/mol. The molecule has 0 bridgehead atoms. The Hall–Kier alpha value is -0.610. The number of nitrogens with zero attached hydrogens (tertiary/aromatic N) is 1. The summed E-state index contributed by atoms with van der Waals surface area (Å²) >= 11 is 0. The molecule has 0 aromatic rings. The molecule has 1 N–H and O–H groups in total. The molecule has 0 radical (unpaired) electrons. The number of ether oxygens (including phenoxy) is 1. The summed E-state index contributed by atoms with van der Waals surface area (Å²) in [5.41, 5.74) is 0.0195. The Labute approximate surface area is 98.3 Å². The second-order valence-electron chi connectivity index (χ2n) is 4.86. The Morgan fingerprint density at radius 3 is 2.69 bits per heavy atom. The van der Waals surface area contributed by atoms with Crippen LogP contribution in [0.2, 0.25) is 0 Å². The predicted octanol–water partition coefficient (Wildman–Crippen LogP) is 1.01. The fraction of sp³-hybridized carbons (Fsp3) is 0.917. The van der Waals surface area contributed by atoms with Gasteiger partial charge in [0, 0.05) is 25.2 Å². The molecule has 1 unspecified atom stereocenters. The van der Waals surface area contributed by atoms with E-state index in [1.807, 2.05) is 13.8 Å². The van der Waals surface area contributed by atoms with Gasteiger partial charge in [-0.25, -0.2) is 0 Å². The largest absolute Gasteiger partial charge is 0.465 e. The summed E-state index contributed by atoms with van der Waals surface area (Å²) in [6, 6.07) is -0.1000. The van der Waals surface area contributed by atoms with Crippen LogP contribution < -0.4 is 5.32 Å². The van der Waals surface area contributed by atoms with Gasteiger partial charge < -0.3 is 10.1 Å². The molecule has 1 aliphatic rings. The van der Waals surface area contributed by atoms with Crippen molar-refractivity contribution in [3.63, 3.8) is 0 Å². The lowest BCUT2D eigenvalue weighted by Crippen LogP contribution is -2.62. The number of carbonyl (C=O) groups is 1. The minimum absolute atomic E-state index is 0.0195. The fourth-order valence-corrected chi connectivity index (χ4v) is 2.33. The highest BCUT2D eigenvalue weighted by Gasteiger charge is 2.37. The van der Waals surface area contributed by atoms with Gasteiger partial charge in [-0.1, -0.05) is 6.92 Å². The third kappa shape index (κ3) is 2.95. The molecule has 4 heteroatoms. The lowest BCUT2D eigenvalue weighted by molar-refractivity contribution is -0.153. The Balaban J connectivity index is 2.73. The van der Waals surface area contributed by atoms with E-state index < -0.39 is 0 Å². The van der Waals surface area contributed by atoms with Crippen molar-refractivity contribution in [3.05, 3.63) is 0 Å². The standard InChI is InChI=1S/C12H24N2O2/c1-5-10(11(15)16-6-2)14-8-7-13-9-12(14,3)4/h10,13H,5-9H2,1-4H3. The zero-order valence-corrected chi connectivity index (χ0v) is 10.9. The van der Waals surface area contributed by atoms with Crippen LogP contribution in [-0.4, -0.2) is 48.7 Å². The van der Waals surface area contributed by atoms with Crippen molar-refractivity contribution in [2.45, 2.75) is 45.7 Å². The monoisotopic (exact) mass is 228 g/mol. The molecule has 16 heavy (non-hydrogen) atoms. The van der Waals surface area contributed by atoms with Crippen molar-refractivity contribution in [2.75, 3.05) is 26.2 Å². The van der Waals surface area contributed by atoms with Crippen molar-refractivity contribution in [1.82, 2.24) is 10.2 Å². The first-order valence-corrected chi connectivity index (χ1v) is 6.17. The van der Waals surface area contributed by atoms with Crippen molar-refractivity contribution in [1.29, 1.82) is 0 Å². The summed E-state index contributed by atoms with van der Waals surface area (Å²) in [5, 5.41) is 3.36. The van der Waals surface area contributed by atoms with Gasteiger partial charge in [0.15, 0.2) is 0 Å². The summed E-state index contributed by atoms with van der Waals surface area (Å²) in [6.07, 6.45) is 0.808. The Morgan fingerprint density at radius 1 is 1.50 bits per heavy atom. The van der Waals surface area contributed by atoms with Crippen LogP contribution in [0.5, 0.6) is 0 Å². The van der Waals surface area contributed by atoms with E-state index in [1.54, 1.807) is 0 Å². The van der Waals surface area contributed by atoms with E-state index in [4.69, 9.17) is 4.74 Å². The molecule has 1 rings (SSSR count). The summed E-state index contributed by atoms with van der Waals surface area (Å²) in [4.78, 5) is 14.1. The summed E-state index contributed by atoms with van der Waals surface area (Å²) in [6.45, 7) is 11.5. The van der Waals surface area contributed by atoms with Crippen molar-refractivity contribution >= 4 is 5.97 Å². The lowest BCUT2D eigenvalue weighted by atomic mass is 9.96. The highest BCUT2D eigenvalue weighted by atomic mass is 16.5. The average Bonchev–Trinajstić information content (AvgIpc) is 2.21. The second-order valence-corrected chi connectivity index (χ2v) is 4.86. The number of piperazine rings is 1. The van der Waals surface area contributed by atoms with Gasteiger partial charge in [-0.05, 0) is 27.2 Å². The van der Waals surface area contributed by atoms with E-state index in [-0.39, 0.29) is 17.6 Å². The maximum absolute atomic E-state index is 11.9. The van der Waals surface area contributed by atoms with E-state index in [9.17, 15) is 4.79 Å². The number of nitrogens with one attached hydrogen (secondary N) is 1. The number of hydrogen-bond donors (Lipinski definition) is 1. The van der Waals surface area contributed by atoms with Crippen LogP contribution >= 0.6 is 0 Å². The molecule has 0 aliphatic carbocycles. The second kappa shape index (κ2) is 5.64. The van der Waals surface area contributed by atoms with Gasteiger partial charge in [-0.3, -0.25) is 9.69 Å². The molecule has 1 heterocycles. The normalized spacial score (nSPS) is 22.8. The van der Waals surface area contributed by atoms with Crippen LogP contribution in [0.1, 0.15) is 34.1 Å². The van der Waals surface area contributed by atoms with Gasteiger partial charge in [0.05, 0.1) is 6.61 Å². The van der Waals surface area contributed by atoms with Crippen LogP contribution in [0.3, 0.4) is 0 Å². The molecule has 4 nitrogen and oxygen atoms in total. The summed E-state index contributed by atoms with van der Waals surface area (Å²) in [5.74, 6) is -0.0834. The fourth-order valence-electron chi connectivity index (χ4n) is 2.33. The van der Waals surface area contributed by atoms with Crippen LogP contribution in [0, 0.1) is 0 Å². The molecular weight excluding hydrogens is 204 g/mol. The van der Waals surface area contributed by atoms with Gasteiger partial charge >= 0.3 is 5.97 Å². The molecule has 1 aliphatic heterocycles. The molecular formula is C12H24N2O2. The average molecular weight is 228 g/mol. The third-order valence-electron chi connectivity index (χ3n) is 3.19. The first kappa shape index (κ1) is 13.5. The molecule has 0 amide bonds. The third-order valence-corrected chi connectivity index (χ3v) is 3.19. The molecule has 1 atom stereocenters. The van der Waals surface area contributed by atoms with Crippen LogP contribution in [0.15, 0.2) is 0 Å². The molecule has 0 spiro atoms. The lowest BCUT2D eigenvalue weighted by Gasteiger charge is -2.46. The van der Waals surface area contributed by atoms with E-state index in [0.717, 1.165) is 26.1 Å². The Kier molecular flexibility index (Phi) is 4.74. The molecule has 1 saturated heterocycles. The maximum Gasteiger partial charge on any atom is 0.323 e. The van der Waals surface area contributed by atoms with E-state index in [1.165, 1.54) is 0 Å². The zero-order valence-electron chi connectivity index (χ0n) is 10.9. The molecule has 0 aromatic carbocycles. The van der Waals surface area contributed by atoms with Gasteiger partial charge in [-0.15, -0.1) is 0 Å². The van der Waals surface area contributed by atoms with E-state index in [0.29, 0.717) is 6.61 Å². The van der Waals surface area contributed by atoms with Crippen molar-refractivity contribution in [2.24, 2.45) is 0 Å². The smallest absolute Gasteiger partial charge is 0.323 e. The molecule has 1 fully saturated rings. The highest BCUT2D eigenvalue weighted by Crippen LogP contribution is 2.21. The first-order chi connectivity index (χ1) is 7.53. The quantitative estimate of drug-likeness (QED) is 0.729. The van der Waals surface area contributed by atoms with Gasteiger partial charge in [0.2, 0.25) is 0 Å². The van der Waals surface area contributed by atoms with Crippen molar-refractivity contribution in [3.8, 4) is 0 Å². The summed E-state index contributed by atoms with van der Waals surface area (Å²) < 4.78 is 5.14. The van der Waals surface area contributed by atoms with Gasteiger partial charge in [0.25, 0.3) is 0 Å². The number of carbonyl (C=O) groups excluding carboxylic acids is 1. The SMILES string of the molecule is CCOC(=O)C(CC)N1CCNCC1(C)C.